The van der Waals surface area contributed by atoms with Crippen molar-refractivity contribution in [1.29, 1.82) is 5.26 Å². The molecule has 0 spiro atoms. The lowest BCUT2D eigenvalue weighted by Gasteiger charge is -2.27. The van der Waals surface area contributed by atoms with Crippen molar-refractivity contribution in [3.8, 4) is 6.07 Å². The van der Waals surface area contributed by atoms with Gasteiger partial charge < -0.3 is 14.8 Å². The van der Waals surface area contributed by atoms with Crippen LogP contribution in [-0.2, 0) is 6.54 Å². The molecule has 1 N–H and O–H groups in total. The average molecular weight is 274 g/mol. The van der Waals surface area contributed by atoms with Crippen molar-refractivity contribution in [2.45, 2.75) is 26.8 Å². The second-order valence-electron chi connectivity index (χ2n) is 5.36. The van der Waals surface area contributed by atoms with Crippen LogP contribution in [0.3, 0.4) is 0 Å². The lowest BCUT2D eigenvalue weighted by atomic mass is 10.1. The zero-order valence-corrected chi connectivity index (χ0v) is 12.3. The lowest BCUT2D eigenvalue weighted by Crippen LogP contribution is -2.44. The second kappa shape index (κ2) is 6.69. The zero-order valence-electron chi connectivity index (χ0n) is 12.3. The van der Waals surface area contributed by atoms with Crippen LogP contribution in [0.15, 0.2) is 10.9 Å². The Hall–Kier alpha value is -1.64. The summed E-state index contributed by atoms with van der Waals surface area (Å²) < 4.78 is 1.73. The molecule has 0 saturated carbocycles. The van der Waals surface area contributed by atoms with Gasteiger partial charge in [0, 0.05) is 38.4 Å². The molecule has 1 aliphatic rings. The van der Waals surface area contributed by atoms with Crippen molar-refractivity contribution >= 4 is 0 Å². The normalized spacial score (nSPS) is 16.1. The Morgan fingerprint density at radius 2 is 2.00 bits per heavy atom. The molecule has 5 heteroatoms. The topological polar surface area (TPSA) is 61.1 Å². The van der Waals surface area contributed by atoms with E-state index in [0.717, 1.165) is 50.4 Å². The first-order valence-corrected chi connectivity index (χ1v) is 7.17. The third kappa shape index (κ3) is 3.27. The number of piperazine rings is 1. The third-order valence-electron chi connectivity index (χ3n) is 3.88. The Bertz CT molecular complexity index is 564. The molecule has 0 bridgehead atoms. The van der Waals surface area contributed by atoms with Gasteiger partial charge in [-0.1, -0.05) is 0 Å². The molecule has 0 atom stereocenters. The van der Waals surface area contributed by atoms with Crippen LogP contribution in [-0.4, -0.2) is 42.2 Å². The van der Waals surface area contributed by atoms with Gasteiger partial charge in [0.15, 0.2) is 0 Å². The molecule has 1 fully saturated rings. The number of hydrogen-bond donors (Lipinski definition) is 1. The predicted octanol–water partition coefficient (Wildman–Crippen LogP) is 0.632. The van der Waals surface area contributed by atoms with E-state index in [1.54, 1.807) is 4.57 Å². The first kappa shape index (κ1) is 14.8. The van der Waals surface area contributed by atoms with Crippen LogP contribution in [0.2, 0.25) is 0 Å². The summed E-state index contributed by atoms with van der Waals surface area (Å²) in [6.45, 7) is 9.67. The van der Waals surface area contributed by atoms with Crippen LogP contribution < -0.4 is 10.9 Å². The van der Waals surface area contributed by atoms with Crippen LogP contribution in [0.5, 0.6) is 0 Å². The predicted molar refractivity (Wildman–Crippen MR) is 78.8 cm³/mol. The highest BCUT2D eigenvalue weighted by Gasteiger charge is 2.11. The maximum absolute atomic E-state index is 12.2. The summed E-state index contributed by atoms with van der Waals surface area (Å²) in [5, 5.41) is 12.4. The van der Waals surface area contributed by atoms with Gasteiger partial charge in [0.05, 0.1) is 0 Å². The van der Waals surface area contributed by atoms with E-state index in [9.17, 15) is 4.79 Å². The van der Waals surface area contributed by atoms with E-state index in [1.807, 2.05) is 26.0 Å². The fraction of sp³-hybridized carbons (Fsp3) is 0.600. The molecule has 0 aliphatic carbocycles. The molecule has 0 aromatic carbocycles. The van der Waals surface area contributed by atoms with Crippen LogP contribution >= 0.6 is 0 Å². The van der Waals surface area contributed by atoms with Crippen molar-refractivity contribution in [1.82, 2.24) is 14.8 Å². The van der Waals surface area contributed by atoms with Crippen molar-refractivity contribution in [3.63, 3.8) is 0 Å². The fourth-order valence-electron chi connectivity index (χ4n) is 2.73. The van der Waals surface area contributed by atoms with Gasteiger partial charge in [0.1, 0.15) is 11.6 Å². The summed E-state index contributed by atoms with van der Waals surface area (Å²) in [7, 11) is 0. The summed E-state index contributed by atoms with van der Waals surface area (Å²) in [4.78, 5) is 14.7. The SMILES string of the molecule is Cc1cc(C)n(CCCN2CCNCC2)c(=O)c1C#N. The summed E-state index contributed by atoms with van der Waals surface area (Å²) in [6.07, 6.45) is 0.939. The molecule has 0 radical (unpaired) electrons. The van der Waals surface area contributed by atoms with Crippen molar-refractivity contribution in [2.24, 2.45) is 0 Å². The van der Waals surface area contributed by atoms with Crippen molar-refractivity contribution in [3.05, 3.63) is 33.2 Å². The maximum Gasteiger partial charge on any atom is 0.268 e. The number of hydrogen-bond acceptors (Lipinski definition) is 4. The first-order valence-electron chi connectivity index (χ1n) is 7.17. The maximum atomic E-state index is 12.2. The van der Waals surface area contributed by atoms with Gasteiger partial charge in [-0.3, -0.25) is 4.79 Å². The summed E-state index contributed by atoms with van der Waals surface area (Å²) in [6, 6.07) is 3.94. The Morgan fingerprint density at radius 3 is 2.65 bits per heavy atom. The lowest BCUT2D eigenvalue weighted by molar-refractivity contribution is 0.234. The van der Waals surface area contributed by atoms with Crippen molar-refractivity contribution in [2.75, 3.05) is 32.7 Å². The molecule has 1 aromatic rings. The molecule has 0 amide bonds. The Morgan fingerprint density at radius 1 is 1.30 bits per heavy atom. The quantitative estimate of drug-likeness (QED) is 0.875. The molecule has 1 saturated heterocycles. The van der Waals surface area contributed by atoms with Gasteiger partial charge >= 0.3 is 0 Å². The van der Waals surface area contributed by atoms with Gasteiger partial charge in [-0.15, -0.1) is 0 Å². The number of pyridine rings is 1. The zero-order chi connectivity index (χ0) is 14.5. The Labute approximate surface area is 119 Å². The minimum atomic E-state index is -0.148. The highest BCUT2D eigenvalue weighted by atomic mass is 16.1. The minimum Gasteiger partial charge on any atom is -0.314 e. The van der Waals surface area contributed by atoms with E-state index in [1.165, 1.54) is 0 Å². The molecule has 5 nitrogen and oxygen atoms in total. The van der Waals surface area contributed by atoms with Crippen LogP contribution in [0.4, 0.5) is 0 Å². The molecule has 0 unspecified atom stereocenters. The first-order chi connectivity index (χ1) is 9.63. The van der Waals surface area contributed by atoms with Crippen LogP contribution in [0.1, 0.15) is 23.2 Å². The summed E-state index contributed by atoms with van der Waals surface area (Å²) in [5.41, 5.74) is 1.84. The number of rotatable bonds is 4. The van der Waals surface area contributed by atoms with Gasteiger partial charge in [0.25, 0.3) is 5.56 Å². The van der Waals surface area contributed by atoms with Gasteiger partial charge in [-0.2, -0.15) is 5.26 Å². The number of nitriles is 1. The highest BCUT2D eigenvalue weighted by Crippen LogP contribution is 2.06. The monoisotopic (exact) mass is 274 g/mol. The molecule has 1 aromatic heterocycles. The van der Waals surface area contributed by atoms with Gasteiger partial charge in [0.2, 0.25) is 0 Å². The largest absolute Gasteiger partial charge is 0.314 e. The third-order valence-corrected chi connectivity index (χ3v) is 3.88. The van der Waals surface area contributed by atoms with Crippen LogP contribution in [0.25, 0.3) is 0 Å². The molecule has 2 heterocycles. The number of nitrogens with zero attached hydrogens (tertiary/aromatic N) is 3. The van der Waals surface area contributed by atoms with E-state index in [0.29, 0.717) is 6.54 Å². The van der Waals surface area contributed by atoms with E-state index >= 15 is 0 Å². The number of aromatic nitrogens is 1. The Kier molecular flexibility index (Phi) is 4.94. The van der Waals surface area contributed by atoms with E-state index in [-0.39, 0.29) is 11.1 Å². The van der Waals surface area contributed by atoms with E-state index < -0.39 is 0 Å². The van der Waals surface area contributed by atoms with Crippen molar-refractivity contribution < 1.29 is 0 Å². The molecule has 20 heavy (non-hydrogen) atoms. The molecular formula is C15H22N4O. The Balaban J connectivity index is 2.02. The minimum absolute atomic E-state index is 0.148. The highest BCUT2D eigenvalue weighted by molar-refractivity contribution is 5.36. The summed E-state index contributed by atoms with van der Waals surface area (Å²) >= 11 is 0. The molecule has 1 aliphatic heterocycles. The van der Waals surface area contributed by atoms with Gasteiger partial charge in [-0.05, 0) is 38.4 Å². The number of aryl methyl sites for hydroxylation is 2. The smallest absolute Gasteiger partial charge is 0.268 e. The fourth-order valence-corrected chi connectivity index (χ4v) is 2.73. The van der Waals surface area contributed by atoms with E-state index in [2.05, 4.69) is 10.2 Å². The number of nitrogens with one attached hydrogen (secondary N) is 1. The second-order valence-corrected chi connectivity index (χ2v) is 5.36. The molecule has 2 rings (SSSR count). The van der Waals surface area contributed by atoms with Crippen LogP contribution in [0, 0.1) is 25.2 Å². The molecule has 108 valence electrons. The standard InChI is InChI=1S/C15H22N4O/c1-12-10-13(2)19(15(20)14(12)11-16)7-3-6-18-8-4-17-5-9-18/h10,17H,3-9H2,1-2H3. The van der Waals surface area contributed by atoms with Gasteiger partial charge in [-0.25, -0.2) is 0 Å². The average Bonchev–Trinajstić information content (AvgIpc) is 2.44. The summed E-state index contributed by atoms with van der Waals surface area (Å²) in [5.74, 6) is 0. The van der Waals surface area contributed by atoms with E-state index in [4.69, 9.17) is 5.26 Å². The molecular weight excluding hydrogens is 252 g/mol.